The standard InChI is InChI=1S/C14H22N2O4S/c1-4-11-7-8-12(9-13(11)15)21(18,19)16(5-2)10-14(17)20-6-3/h7-9H,4-6,10,15H2,1-3H3. The SMILES string of the molecule is CCOC(=O)CN(CC)S(=O)(=O)c1ccc(CC)c(N)c1. The second-order valence-corrected chi connectivity index (χ2v) is 6.39. The van der Waals surface area contributed by atoms with Gasteiger partial charge in [-0.15, -0.1) is 0 Å². The van der Waals surface area contributed by atoms with Crippen LogP contribution in [0.5, 0.6) is 0 Å². The Morgan fingerprint density at radius 1 is 1.29 bits per heavy atom. The summed E-state index contributed by atoms with van der Waals surface area (Å²) >= 11 is 0. The lowest BCUT2D eigenvalue weighted by atomic mass is 10.1. The lowest BCUT2D eigenvalue weighted by molar-refractivity contribution is -0.143. The molecule has 0 saturated carbocycles. The molecule has 0 radical (unpaired) electrons. The van der Waals surface area contributed by atoms with Crippen LogP contribution in [0.2, 0.25) is 0 Å². The lowest BCUT2D eigenvalue weighted by Gasteiger charge is -2.20. The van der Waals surface area contributed by atoms with Gasteiger partial charge in [0.15, 0.2) is 0 Å². The minimum Gasteiger partial charge on any atom is -0.465 e. The first-order valence-corrected chi connectivity index (χ1v) is 8.34. The fourth-order valence-electron chi connectivity index (χ4n) is 1.92. The van der Waals surface area contributed by atoms with E-state index in [0.29, 0.717) is 5.69 Å². The van der Waals surface area contributed by atoms with Crippen molar-refractivity contribution in [3.05, 3.63) is 23.8 Å². The Hall–Kier alpha value is -1.60. The third-order valence-electron chi connectivity index (χ3n) is 3.10. The van der Waals surface area contributed by atoms with E-state index in [9.17, 15) is 13.2 Å². The van der Waals surface area contributed by atoms with Gasteiger partial charge in [0.25, 0.3) is 0 Å². The maximum Gasteiger partial charge on any atom is 0.321 e. The van der Waals surface area contributed by atoms with Gasteiger partial charge in [0, 0.05) is 12.2 Å². The fraction of sp³-hybridized carbons (Fsp3) is 0.500. The number of rotatable bonds is 7. The van der Waals surface area contributed by atoms with E-state index in [1.807, 2.05) is 6.92 Å². The van der Waals surface area contributed by atoms with Gasteiger partial charge in [-0.3, -0.25) is 4.79 Å². The zero-order valence-corrected chi connectivity index (χ0v) is 13.4. The molecule has 1 aromatic carbocycles. The molecule has 0 saturated heterocycles. The first-order chi connectivity index (χ1) is 9.86. The summed E-state index contributed by atoms with van der Waals surface area (Å²) in [5.41, 5.74) is 7.17. The topological polar surface area (TPSA) is 89.7 Å². The Morgan fingerprint density at radius 3 is 2.43 bits per heavy atom. The van der Waals surface area contributed by atoms with Crippen LogP contribution in [0, 0.1) is 0 Å². The quantitative estimate of drug-likeness (QED) is 0.607. The molecule has 0 bridgehead atoms. The Bertz CT molecular complexity index is 599. The second kappa shape index (κ2) is 7.42. The molecule has 118 valence electrons. The monoisotopic (exact) mass is 314 g/mol. The molecule has 0 spiro atoms. The van der Waals surface area contributed by atoms with E-state index < -0.39 is 16.0 Å². The number of benzene rings is 1. The summed E-state index contributed by atoms with van der Waals surface area (Å²) in [6.45, 7) is 5.37. The van der Waals surface area contributed by atoms with Crippen molar-refractivity contribution in [2.45, 2.75) is 32.1 Å². The number of nitrogens with two attached hydrogens (primary N) is 1. The smallest absolute Gasteiger partial charge is 0.321 e. The number of hydrogen-bond donors (Lipinski definition) is 1. The van der Waals surface area contributed by atoms with Crippen molar-refractivity contribution in [3.63, 3.8) is 0 Å². The van der Waals surface area contributed by atoms with Gasteiger partial charge in [-0.2, -0.15) is 4.31 Å². The molecule has 0 fully saturated rings. The molecule has 7 heteroatoms. The zero-order chi connectivity index (χ0) is 16.0. The van der Waals surface area contributed by atoms with E-state index >= 15 is 0 Å². The molecular formula is C14H22N2O4S. The summed E-state index contributed by atoms with van der Waals surface area (Å²) in [4.78, 5) is 11.6. The molecule has 0 heterocycles. The average Bonchev–Trinajstić information content (AvgIpc) is 2.44. The number of nitrogens with zero attached hydrogens (tertiary/aromatic N) is 1. The summed E-state index contributed by atoms with van der Waals surface area (Å²) in [7, 11) is -3.76. The van der Waals surface area contributed by atoms with E-state index in [-0.39, 0.29) is 24.6 Å². The van der Waals surface area contributed by atoms with Crippen molar-refractivity contribution >= 4 is 21.7 Å². The largest absolute Gasteiger partial charge is 0.465 e. The third kappa shape index (κ3) is 4.18. The number of carbonyl (C=O) groups excluding carboxylic acids is 1. The third-order valence-corrected chi connectivity index (χ3v) is 5.02. The van der Waals surface area contributed by atoms with Crippen LogP contribution in [-0.2, 0) is 26.0 Å². The number of aryl methyl sites for hydroxylation is 1. The zero-order valence-electron chi connectivity index (χ0n) is 12.6. The average molecular weight is 314 g/mol. The van der Waals surface area contributed by atoms with Gasteiger partial charge in [-0.05, 0) is 31.0 Å². The van der Waals surface area contributed by atoms with Crippen molar-refractivity contribution < 1.29 is 17.9 Å². The molecule has 1 aromatic rings. The summed E-state index contributed by atoms with van der Waals surface area (Å²) in [5, 5.41) is 0. The molecule has 0 aliphatic carbocycles. The minimum atomic E-state index is -3.76. The van der Waals surface area contributed by atoms with Crippen LogP contribution in [0.25, 0.3) is 0 Å². The van der Waals surface area contributed by atoms with Crippen LogP contribution in [0.4, 0.5) is 5.69 Å². The Morgan fingerprint density at radius 2 is 1.95 bits per heavy atom. The number of likely N-dealkylation sites (N-methyl/N-ethyl adjacent to an activating group) is 1. The number of anilines is 1. The van der Waals surface area contributed by atoms with Crippen molar-refractivity contribution in [2.24, 2.45) is 0 Å². The lowest BCUT2D eigenvalue weighted by Crippen LogP contribution is -2.36. The first kappa shape index (κ1) is 17.5. The highest BCUT2D eigenvalue weighted by molar-refractivity contribution is 7.89. The molecule has 0 aliphatic heterocycles. The van der Waals surface area contributed by atoms with Gasteiger partial charge in [-0.25, -0.2) is 8.42 Å². The molecule has 6 nitrogen and oxygen atoms in total. The molecule has 2 N–H and O–H groups in total. The van der Waals surface area contributed by atoms with Gasteiger partial charge < -0.3 is 10.5 Å². The predicted octanol–water partition coefficient (Wildman–Crippen LogP) is 1.40. The summed E-state index contributed by atoms with van der Waals surface area (Å²) in [6, 6.07) is 4.64. The van der Waals surface area contributed by atoms with Crippen LogP contribution >= 0.6 is 0 Å². The highest BCUT2D eigenvalue weighted by atomic mass is 32.2. The van der Waals surface area contributed by atoms with Crippen molar-refractivity contribution in [3.8, 4) is 0 Å². The molecule has 0 aliphatic rings. The number of ether oxygens (including phenoxy) is 1. The van der Waals surface area contributed by atoms with E-state index in [0.717, 1.165) is 16.3 Å². The number of hydrogen-bond acceptors (Lipinski definition) is 5. The Labute approximate surface area is 125 Å². The first-order valence-electron chi connectivity index (χ1n) is 6.90. The van der Waals surface area contributed by atoms with Gasteiger partial charge in [-0.1, -0.05) is 19.9 Å². The number of nitrogen functional groups attached to an aromatic ring is 1. The van der Waals surface area contributed by atoms with Crippen molar-refractivity contribution in [2.75, 3.05) is 25.4 Å². The van der Waals surface area contributed by atoms with Crippen LogP contribution in [0.1, 0.15) is 26.3 Å². The summed E-state index contributed by atoms with van der Waals surface area (Å²) in [5.74, 6) is -0.568. The van der Waals surface area contributed by atoms with Crippen LogP contribution in [0.15, 0.2) is 23.1 Å². The van der Waals surface area contributed by atoms with Gasteiger partial charge in [0.1, 0.15) is 6.54 Å². The van der Waals surface area contributed by atoms with Gasteiger partial charge in [0.05, 0.1) is 11.5 Å². The van der Waals surface area contributed by atoms with Crippen molar-refractivity contribution in [1.82, 2.24) is 4.31 Å². The molecule has 1 rings (SSSR count). The van der Waals surface area contributed by atoms with E-state index in [2.05, 4.69) is 0 Å². The second-order valence-electron chi connectivity index (χ2n) is 4.45. The minimum absolute atomic E-state index is 0.0864. The fourth-order valence-corrected chi connectivity index (χ4v) is 3.35. The number of esters is 1. The van der Waals surface area contributed by atoms with E-state index in [4.69, 9.17) is 10.5 Å². The van der Waals surface area contributed by atoms with Gasteiger partial charge >= 0.3 is 5.97 Å². The van der Waals surface area contributed by atoms with E-state index in [1.165, 1.54) is 12.1 Å². The summed E-state index contributed by atoms with van der Waals surface area (Å²) < 4.78 is 30.9. The maximum absolute atomic E-state index is 12.5. The Balaban J connectivity index is 3.07. The molecule has 0 unspecified atom stereocenters. The number of sulfonamides is 1. The van der Waals surface area contributed by atoms with Crippen molar-refractivity contribution in [1.29, 1.82) is 0 Å². The van der Waals surface area contributed by atoms with E-state index in [1.54, 1.807) is 19.9 Å². The van der Waals surface area contributed by atoms with Crippen LogP contribution in [-0.4, -0.2) is 38.4 Å². The molecule has 0 aromatic heterocycles. The highest BCUT2D eigenvalue weighted by Crippen LogP contribution is 2.21. The number of carbonyl (C=O) groups is 1. The molecule has 21 heavy (non-hydrogen) atoms. The molecule has 0 atom stereocenters. The van der Waals surface area contributed by atoms with Gasteiger partial charge in [0.2, 0.25) is 10.0 Å². The normalized spacial score (nSPS) is 11.6. The van der Waals surface area contributed by atoms with Crippen LogP contribution < -0.4 is 5.73 Å². The summed E-state index contributed by atoms with van der Waals surface area (Å²) in [6.07, 6.45) is 0.729. The molecular weight excluding hydrogens is 292 g/mol. The predicted molar refractivity (Wildman–Crippen MR) is 81.3 cm³/mol. The molecule has 0 amide bonds. The Kier molecular flexibility index (Phi) is 6.17. The maximum atomic E-state index is 12.5. The highest BCUT2D eigenvalue weighted by Gasteiger charge is 2.26. The van der Waals surface area contributed by atoms with Crippen LogP contribution in [0.3, 0.4) is 0 Å².